The van der Waals surface area contributed by atoms with E-state index in [4.69, 9.17) is 4.74 Å². The van der Waals surface area contributed by atoms with E-state index in [-0.39, 0.29) is 16.9 Å². The Balaban J connectivity index is 2.15. The van der Waals surface area contributed by atoms with Gasteiger partial charge in [0.2, 0.25) is 0 Å². The molecule has 1 saturated heterocycles. The van der Waals surface area contributed by atoms with Crippen LogP contribution in [0.2, 0.25) is 0 Å². The Morgan fingerprint density at radius 3 is 2.76 bits per heavy atom. The van der Waals surface area contributed by atoms with Gasteiger partial charge in [-0.1, -0.05) is 0 Å². The van der Waals surface area contributed by atoms with Crippen LogP contribution in [-0.4, -0.2) is 42.5 Å². The highest BCUT2D eigenvalue weighted by Crippen LogP contribution is 2.26. The van der Waals surface area contributed by atoms with Gasteiger partial charge in [0.15, 0.2) is 5.78 Å². The van der Waals surface area contributed by atoms with Crippen LogP contribution in [0.3, 0.4) is 0 Å². The van der Waals surface area contributed by atoms with Crippen molar-refractivity contribution in [1.29, 1.82) is 0 Å². The maximum Gasteiger partial charge on any atom is 0.182 e. The van der Waals surface area contributed by atoms with E-state index in [2.05, 4.69) is 0 Å². The largest absolute Gasteiger partial charge is 0.377 e. The highest BCUT2D eigenvalue weighted by atomic mass is 19.1. The minimum Gasteiger partial charge on any atom is -0.377 e. The average molecular weight is 297 g/mol. The molecule has 0 spiro atoms. The summed E-state index contributed by atoms with van der Waals surface area (Å²) in [6.45, 7) is 5.16. The summed E-state index contributed by atoms with van der Waals surface area (Å²) < 4.78 is 32.2. The zero-order valence-electron chi connectivity index (χ0n) is 12.7. The molecule has 116 valence electrons. The predicted molar refractivity (Wildman–Crippen MR) is 76.4 cm³/mol. The van der Waals surface area contributed by atoms with E-state index in [0.29, 0.717) is 6.54 Å². The molecule has 1 aromatic rings. The lowest BCUT2D eigenvalue weighted by molar-refractivity contribution is -0.0564. The number of ether oxygens (including phenoxy) is 1. The zero-order chi connectivity index (χ0) is 15.6. The highest BCUT2D eigenvalue weighted by molar-refractivity contribution is 6.00. The maximum absolute atomic E-state index is 13.7. The van der Waals surface area contributed by atoms with E-state index in [1.165, 1.54) is 6.07 Å². The molecular weight excluding hydrogens is 276 g/mol. The van der Waals surface area contributed by atoms with Crippen LogP contribution in [0.1, 0.15) is 37.0 Å². The lowest BCUT2D eigenvalue weighted by Crippen LogP contribution is -2.52. The van der Waals surface area contributed by atoms with E-state index in [1.54, 1.807) is 14.0 Å². The molecule has 2 rings (SSSR count). The van der Waals surface area contributed by atoms with E-state index in [1.807, 2.05) is 11.8 Å². The first kappa shape index (κ1) is 16.0. The summed E-state index contributed by atoms with van der Waals surface area (Å²) >= 11 is 0. The Morgan fingerprint density at radius 1 is 1.43 bits per heavy atom. The molecule has 1 aliphatic rings. The van der Waals surface area contributed by atoms with Gasteiger partial charge in [0.05, 0.1) is 17.2 Å². The molecule has 0 aromatic heterocycles. The smallest absolute Gasteiger partial charge is 0.182 e. The van der Waals surface area contributed by atoms with Gasteiger partial charge in [0.25, 0.3) is 0 Å². The highest BCUT2D eigenvalue weighted by Gasteiger charge is 2.35. The second-order valence-electron chi connectivity index (χ2n) is 5.89. The number of nitrogens with zero attached hydrogens (tertiary/aromatic N) is 1. The summed E-state index contributed by atoms with van der Waals surface area (Å²) in [5.74, 6) is -1.81. The third-order valence-electron chi connectivity index (χ3n) is 4.31. The molecule has 2 atom stereocenters. The van der Waals surface area contributed by atoms with Crippen molar-refractivity contribution >= 4 is 5.78 Å². The molecule has 0 amide bonds. The van der Waals surface area contributed by atoms with Crippen molar-refractivity contribution in [3.63, 3.8) is 0 Å². The van der Waals surface area contributed by atoms with Gasteiger partial charge in [0, 0.05) is 19.7 Å². The normalized spacial score (nSPS) is 24.8. The SMILES string of the molecule is COC1(C)CCCN(C(C)C(=O)c2ccc(F)cc2F)C1. The summed E-state index contributed by atoms with van der Waals surface area (Å²) in [6, 6.07) is 2.61. The van der Waals surface area contributed by atoms with Gasteiger partial charge in [0.1, 0.15) is 11.6 Å². The molecule has 0 saturated carbocycles. The number of halogens is 2. The molecule has 2 unspecified atom stereocenters. The summed E-state index contributed by atoms with van der Waals surface area (Å²) in [5, 5.41) is 0. The molecule has 21 heavy (non-hydrogen) atoms. The number of hydrogen-bond acceptors (Lipinski definition) is 3. The number of carbonyl (C=O) groups is 1. The molecule has 1 aliphatic heterocycles. The van der Waals surface area contributed by atoms with E-state index < -0.39 is 17.7 Å². The van der Waals surface area contributed by atoms with Crippen molar-refractivity contribution < 1.29 is 18.3 Å². The Hall–Kier alpha value is -1.33. The fraction of sp³-hybridized carbons (Fsp3) is 0.562. The number of piperidine rings is 1. The van der Waals surface area contributed by atoms with Gasteiger partial charge in [-0.3, -0.25) is 9.69 Å². The number of likely N-dealkylation sites (tertiary alicyclic amines) is 1. The minimum absolute atomic E-state index is 0.0615. The Labute approximate surface area is 123 Å². The van der Waals surface area contributed by atoms with Crippen LogP contribution in [-0.2, 0) is 4.74 Å². The molecule has 1 heterocycles. The van der Waals surface area contributed by atoms with Crippen LogP contribution in [0.15, 0.2) is 18.2 Å². The van der Waals surface area contributed by atoms with Crippen LogP contribution < -0.4 is 0 Å². The number of benzene rings is 1. The van der Waals surface area contributed by atoms with Gasteiger partial charge in [-0.15, -0.1) is 0 Å². The van der Waals surface area contributed by atoms with Crippen LogP contribution >= 0.6 is 0 Å². The number of hydrogen-bond donors (Lipinski definition) is 0. The molecule has 0 radical (unpaired) electrons. The third-order valence-corrected chi connectivity index (χ3v) is 4.31. The summed E-state index contributed by atoms with van der Waals surface area (Å²) in [5.41, 5.74) is -0.345. The van der Waals surface area contributed by atoms with E-state index in [0.717, 1.165) is 31.5 Å². The van der Waals surface area contributed by atoms with Crippen molar-refractivity contribution in [3.05, 3.63) is 35.4 Å². The number of Topliss-reactive ketones (excluding diaryl/α,β-unsaturated/α-hetero) is 1. The number of carbonyl (C=O) groups excluding carboxylic acids is 1. The predicted octanol–water partition coefficient (Wildman–Crippen LogP) is 3.04. The van der Waals surface area contributed by atoms with Crippen molar-refractivity contribution in [2.24, 2.45) is 0 Å². The lowest BCUT2D eigenvalue weighted by atomic mass is 9.92. The standard InChI is InChI=1S/C16H21F2NO2/c1-11(19-8-4-7-16(2,10-19)21-3)15(20)13-6-5-12(17)9-14(13)18/h5-6,9,11H,4,7-8,10H2,1-3H3. The van der Waals surface area contributed by atoms with Crippen LogP contribution in [0.4, 0.5) is 8.78 Å². The van der Waals surface area contributed by atoms with Gasteiger partial charge in [-0.05, 0) is 45.4 Å². The quantitative estimate of drug-likeness (QED) is 0.800. The molecule has 0 N–H and O–H groups in total. The number of ketones is 1. The van der Waals surface area contributed by atoms with Gasteiger partial charge >= 0.3 is 0 Å². The van der Waals surface area contributed by atoms with Gasteiger partial charge < -0.3 is 4.74 Å². The van der Waals surface area contributed by atoms with Crippen LogP contribution in [0.5, 0.6) is 0 Å². The second kappa shape index (κ2) is 6.20. The number of rotatable bonds is 4. The molecule has 1 fully saturated rings. The zero-order valence-corrected chi connectivity index (χ0v) is 12.7. The van der Waals surface area contributed by atoms with Crippen molar-refractivity contribution in [2.45, 2.75) is 38.3 Å². The fourth-order valence-electron chi connectivity index (χ4n) is 2.82. The molecule has 0 aliphatic carbocycles. The maximum atomic E-state index is 13.7. The summed E-state index contributed by atoms with van der Waals surface area (Å²) in [7, 11) is 1.66. The minimum atomic E-state index is -0.807. The van der Waals surface area contributed by atoms with Crippen molar-refractivity contribution in [1.82, 2.24) is 4.90 Å². The first-order valence-electron chi connectivity index (χ1n) is 7.15. The molecule has 1 aromatic carbocycles. The monoisotopic (exact) mass is 297 g/mol. The van der Waals surface area contributed by atoms with Crippen LogP contribution in [0.25, 0.3) is 0 Å². The Kier molecular flexibility index (Phi) is 4.74. The topological polar surface area (TPSA) is 29.5 Å². The summed E-state index contributed by atoms with van der Waals surface area (Å²) in [4.78, 5) is 14.4. The fourth-order valence-corrected chi connectivity index (χ4v) is 2.82. The van der Waals surface area contributed by atoms with Gasteiger partial charge in [-0.2, -0.15) is 0 Å². The average Bonchev–Trinajstić information content (AvgIpc) is 2.46. The second-order valence-corrected chi connectivity index (χ2v) is 5.89. The molecule has 5 heteroatoms. The number of methoxy groups -OCH3 is 1. The first-order valence-corrected chi connectivity index (χ1v) is 7.15. The molecule has 0 bridgehead atoms. The first-order chi connectivity index (χ1) is 9.86. The van der Waals surface area contributed by atoms with E-state index in [9.17, 15) is 13.6 Å². The van der Waals surface area contributed by atoms with Gasteiger partial charge in [-0.25, -0.2) is 8.78 Å². The molecular formula is C16H21F2NO2. The lowest BCUT2D eigenvalue weighted by Gasteiger charge is -2.41. The van der Waals surface area contributed by atoms with Crippen LogP contribution in [0, 0.1) is 11.6 Å². The Bertz CT molecular complexity index is 535. The van der Waals surface area contributed by atoms with Crippen molar-refractivity contribution in [2.75, 3.05) is 20.2 Å². The van der Waals surface area contributed by atoms with E-state index >= 15 is 0 Å². The van der Waals surface area contributed by atoms with Crippen molar-refractivity contribution in [3.8, 4) is 0 Å². The Morgan fingerprint density at radius 2 is 2.14 bits per heavy atom. The molecule has 3 nitrogen and oxygen atoms in total. The third kappa shape index (κ3) is 3.47. The summed E-state index contributed by atoms with van der Waals surface area (Å²) in [6.07, 6.45) is 1.86.